The number of piperidine rings is 1. The number of esters is 1. The Morgan fingerprint density at radius 2 is 1.90 bits per heavy atom. The van der Waals surface area contributed by atoms with Gasteiger partial charge >= 0.3 is 5.97 Å². The van der Waals surface area contributed by atoms with E-state index in [1.165, 1.54) is 5.56 Å². The van der Waals surface area contributed by atoms with Crippen molar-refractivity contribution in [1.29, 1.82) is 0 Å². The highest BCUT2D eigenvalue weighted by atomic mass is 127. The number of halogens is 1. The summed E-state index contributed by atoms with van der Waals surface area (Å²) in [6.45, 7) is 6.43. The Morgan fingerprint density at radius 1 is 1.17 bits per heavy atom. The highest BCUT2D eigenvalue weighted by Gasteiger charge is 2.27. The summed E-state index contributed by atoms with van der Waals surface area (Å²) in [5.41, 5.74) is 1.32. The van der Waals surface area contributed by atoms with Gasteiger partial charge < -0.3 is 19.7 Å². The maximum Gasteiger partial charge on any atom is 0.309 e. The van der Waals surface area contributed by atoms with Crippen molar-refractivity contribution in [1.82, 2.24) is 10.2 Å². The number of aliphatic imine (C=N–C) groups is 1. The zero-order chi connectivity index (χ0) is 20.0. The number of nitrogens with one attached hydrogen (secondary N) is 1. The second-order valence-corrected chi connectivity index (χ2v) is 7.04. The van der Waals surface area contributed by atoms with Crippen molar-refractivity contribution in [3.05, 3.63) is 35.9 Å². The molecule has 0 unspecified atom stereocenters. The number of nitrogens with zero attached hydrogens (tertiary/aromatic N) is 2. The van der Waals surface area contributed by atoms with Gasteiger partial charge in [0.15, 0.2) is 5.96 Å². The van der Waals surface area contributed by atoms with Gasteiger partial charge in [-0.05, 0) is 44.6 Å². The van der Waals surface area contributed by atoms with Crippen LogP contribution in [0.25, 0.3) is 0 Å². The molecule has 1 aliphatic heterocycles. The van der Waals surface area contributed by atoms with Gasteiger partial charge in [-0.1, -0.05) is 30.3 Å². The van der Waals surface area contributed by atoms with Crippen LogP contribution in [0.15, 0.2) is 35.3 Å². The summed E-state index contributed by atoms with van der Waals surface area (Å²) in [6, 6.07) is 10.4. The third-order valence-electron chi connectivity index (χ3n) is 5.00. The Kier molecular flexibility index (Phi) is 13.7. The molecule has 0 radical (unpaired) electrons. The van der Waals surface area contributed by atoms with Gasteiger partial charge in [-0.25, -0.2) is 0 Å². The minimum absolute atomic E-state index is 0. The van der Waals surface area contributed by atoms with Crippen LogP contribution in [0.4, 0.5) is 0 Å². The van der Waals surface area contributed by atoms with Crippen molar-refractivity contribution >= 4 is 35.9 Å². The smallest absolute Gasteiger partial charge is 0.309 e. The van der Waals surface area contributed by atoms with Gasteiger partial charge in [-0.3, -0.25) is 9.79 Å². The van der Waals surface area contributed by atoms with Crippen molar-refractivity contribution in [3.8, 4) is 0 Å². The predicted octanol–water partition coefficient (Wildman–Crippen LogP) is 3.49. The fourth-order valence-electron chi connectivity index (χ4n) is 3.39. The Labute approximate surface area is 192 Å². The highest BCUT2D eigenvalue weighted by molar-refractivity contribution is 14.0. The van der Waals surface area contributed by atoms with Crippen LogP contribution in [-0.2, 0) is 20.7 Å². The van der Waals surface area contributed by atoms with Gasteiger partial charge in [0, 0.05) is 33.3 Å². The number of benzene rings is 1. The largest absolute Gasteiger partial charge is 0.466 e. The van der Waals surface area contributed by atoms with Gasteiger partial charge in [0.25, 0.3) is 0 Å². The lowest BCUT2D eigenvalue weighted by molar-refractivity contribution is -0.149. The van der Waals surface area contributed by atoms with Crippen LogP contribution >= 0.6 is 24.0 Å². The third kappa shape index (κ3) is 9.80. The Morgan fingerprint density at radius 3 is 2.55 bits per heavy atom. The summed E-state index contributed by atoms with van der Waals surface area (Å²) in [7, 11) is 1.81. The molecule has 6 nitrogen and oxygen atoms in total. The van der Waals surface area contributed by atoms with Crippen LogP contribution in [0, 0.1) is 5.92 Å². The monoisotopic (exact) mass is 517 g/mol. The molecule has 1 fully saturated rings. The second kappa shape index (κ2) is 15.5. The molecule has 0 atom stereocenters. The molecule has 0 spiro atoms. The van der Waals surface area contributed by atoms with Crippen molar-refractivity contribution < 1.29 is 14.3 Å². The summed E-state index contributed by atoms with van der Waals surface area (Å²) in [4.78, 5) is 18.5. The molecule has 0 bridgehead atoms. The lowest BCUT2D eigenvalue weighted by Gasteiger charge is -2.33. The molecule has 1 aromatic carbocycles. The summed E-state index contributed by atoms with van der Waals surface area (Å²) in [5.74, 6) is 0.895. The molecule has 2 rings (SSSR count). The van der Waals surface area contributed by atoms with E-state index in [1.54, 1.807) is 0 Å². The molecule has 0 aromatic heterocycles. The number of carbonyl (C=O) groups excluding carboxylic acids is 1. The van der Waals surface area contributed by atoms with E-state index in [1.807, 2.05) is 20.0 Å². The minimum Gasteiger partial charge on any atom is -0.466 e. The zero-order valence-corrected chi connectivity index (χ0v) is 20.1. The topological polar surface area (TPSA) is 63.2 Å². The summed E-state index contributed by atoms with van der Waals surface area (Å²) in [6.07, 6.45) is 4.70. The van der Waals surface area contributed by atoms with Crippen LogP contribution in [0.5, 0.6) is 0 Å². The van der Waals surface area contributed by atoms with Crippen molar-refractivity contribution in [2.45, 2.75) is 39.0 Å². The molecule has 0 aliphatic carbocycles. The SMILES string of the molecule is CCOC(=O)C1CCN(C(=NC)NCCCCOCCc2ccccc2)CC1.I. The van der Waals surface area contributed by atoms with Gasteiger partial charge in [0.1, 0.15) is 0 Å². The van der Waals surface area contributed by atoms with E-state index in [4.69, 9.17) is 9.47 Å². The molecule has 29 heavy (non-hydrogen) atoms. The fraction of sp³-hybridized carbons (Fsp3) is 0.636. The van der Waals surface area contributed by atoms with Crippen LogP contribution in [-0.4, -0.2) is 63.3 Å². The maximum absolute atomic E-state index is 11.8. The van der Waals surface area contributed by atoms with Crippen LogP contribution in [0.3, 0.4) is 0 Å². The van der Waals surface area contributed by atoms with E-state index in [0.29, 0.717) is 6.61 Å². The number of rotatable bonds is 10. The second-order valence-electron chi connectivity index (χ2n) is 7.04. The zero-order valence-electron chi connectivity index (χ0n) is 17.8. The van der Waals surface area contributed by atoms with Gasteiger partial charge in [-0.2, -0.15) is 0 Å². The highest BCUT2D eigenvalue weighted by Crippen LogP contribution is 2.18. The minimum atomic E-state index is -0.0580. The van der Waals surface area contributed by atoms with E-state index >= 15 is 0 Å². The normalized spacial score (nSPS) is 15.0. The number of hydrogen-bond donors (Lipinski definition) is 1. The third-order valence-corrected chi connectivity index (χ3v) is 5.00. The first-order chi connectivity index (χ1) is 13.7. The Hall–Kier alpha value is -1.35. The van der Waals surface area contributed by atoms with E-state index in [2.05, 4.69) is 39.5 Å². The summed E-state index contributed by atoms with van der Waals surface area (Å²) < 4.78 is 10.9. The molecular formula is C22H36IN3O3. The molecule has 1 saturated heterocycles. The molecule has 1 N–H and O–H groups in total. The number of ether oxygens (including phenoxy) is 2. The van der Waals surface area contributed by atoms with Crippen molar-refractivity contribution in [2.75, 3.05) is 46.5 Å². The number of likely N-dealkylation sites (tertiary alicyclic amines) is 1. The molecule has 164 valence electrons. The van der Waals surface area contributed by atoms with Gasteiger partial charge in [-0.15, -0.1) is 24.0 Å². The Balaban J connectivity index is 0.00000420. The van der Waals surface area contributed by atoms with E-state index < -0.39 is 0 Å². The first-order valence-electron chi connectivity index (χ1n) is 10.5. The molecule has 0 saturated carbocycles. The number of hydrogen-bond acceptors (Lipinski definition) is 4. The summed E-state index contributed by atoms with van der Waals surface area (Å²) >= 11 is 0. The van der Waals surface area contributed by atoms with Gasteiger partial charge in [0.2, 0.25) is 0 Å². The lowest BCUT2D eigenvalue weighted by Crippen LogP contribution is -2.46. The molecular weight excluding hydrogens is 481 g/mol. The lowest BCUT2D eigenvalue weighted by atomic mass is 9.97. The van der Waals surface area contributed by atoms with E-state index in [0.717, 1.165) is 70.9 Å². The molecule has 7 heteroatoms. The van der Waals surface area contributed by atoms with Crippen LogP contribution in [0.1, 0.15) is 38.2 Å². The first kappa shape index (κ1) is 25.7. The predicted molar refractivity (Wildman–Crippen MR) is 128 cm³/mol. The van der Waals surface area contributed by atoms with Crippen molar-refractivity contribution in [2.24, 2.45) is 10.9 Å². The molecule has 0 amide bonds. The van der Waals surface area contributed by atoms with E-state index in [-0.39, 0.29) is 35.9 Å². The van der Waals surface area contributed by atoms with Crippen LogP contribution < -0.4 is 5.32 Å². The van der Waals surface area contributed by atoms with Gasteiger partial charge in [0.05, 0.1) is 19.1 Å². The standard InChI is InChI=1S/C22H35N3O3.HI/c1-3-28-21(26)20-11-15-25(16-12-20)22(23-2)24-14-7-8-17-27-18-13-19-9-5-4-6-10-19;/h4-6,9-10,20H,3,7-8,11-18H2,1-2H3,(H,23,24);1H. The van der Waals surface area contributed by atoms with E-state index in [9.17, 15) is 4.79 Å². The Bertz CT molecular complexity index is 590. The maximum atomic E-state index is 11.8. The average molecular weight is 517 g/mol. The number of carbonyl (C=O) groups is 1. The summed E-state index contributed by atoms with van der Waals surface area (Å²) in [5, 5.41) is 3.43. The molecule has 1 aliphatic rings. The molecule has 1 aromatic rings. The number of guanidine groups is 1. The fourth-order valence-corrected chi connectivity index (χ4v) is 3.39. The first-order valence-corrected chi connectivity index (χ1v) is 10.5. The average Bonchev–Trinajstić information content (AvgIpc) is 2.74. The van der Waals surface area contributed by atoms with Crippen molar-refractivity contribution in [3.63, 3.8) is 0 Å². The van der Waals surface area contributed by atoms with Crippen LogP contribution in [0.2, 0.25) is 0 Å². The number of unbranched alkanes of at least 4 members (excludes halogenated alkanes) is 1. The quantitative estimate of drug-likeness (QED) is 0.169. The molecule has 1 heterocycles.